The maximum Gasteiger partial charge on any atom is 0.512 e. The summed E-state index contributed by atoms with van der Waals surface area (Å²) in [6.07, 6.45) is -4.42. The summed E-state index contributed by atoms with van der Waals surface area (Å²) in [5, 5.41) is 0. The number of rotatable bonds is 6. The van der Waals surface area contributed by atoms with Crippen molar-refractivity contribution in [1.29, 1.82) is 0 Å². The summed E-state index contributed by atoms with van der Waals surface area (Å²) in [6, 6.07) is 0. The van der Waals surface area contributed by atoms with E-state index in [4.69, 9.17) is 32.6 Å². The number of sulfonamides is 1. The number of fused-ring (bicyclic) bond motifs is 3. The molecule has 0 aromatic rings. The summed E-state index contributed by atoms with van der Waals surface area (Å²) in [7, 11) is -11.9. The van der Waals surface area contributed by atoms with Crippen molar-refractivity contribution < 1.29 is 62.6 Å². The second kappa shape index (κ2) is 8.69. The molecule has 204 valence electrons. The lowest BCUT2D eigenvalue weighted by molar-refractivity contribution is -0.337. The van der Waals surface area contributed by atoms with E-state index in [9.17, 15) is 30.0 Å². The van der Waals surface area contributed by atoms with Crippen molar-refractivity contribution in [3.63, 3.8) is 0 Å². The molecule has 0 saturated carbocycles. The van der Waals surface area contributed by atoms with Gasteiger partial charge in [-0.3, -0.25) is 4.90 Å². The van der Waals surface area contributed by atoms with Crippen LogP contribution >= 0.6 is 0 Å². The van der Waals surface area contributed by atoms with Crippen molar-refractivity contribution in [3.8, 4) is 0 Å². The average Bonchev–Trinajstić information content (AvgIpc) is 3.16. The third-order valence-electron chi connectivity index (χ3n) is 5.66. The van der Waals surface area contributed by atoms with Crippen LogP contribution < -0.4 is 4.13 Å². The van der Waals surface area contributed by atoms with Crippen LogP contribution in [-0.2, 0) is 52.9 Å². The van der Waals surface area contributed by atoms with E-state index in [1.54, 1.807) is 13.8 Å². The zero-order valence-electron chi connectivity index (χ0n) is 19.2. The number of ether oxygens (including phenoxy) is 6. The third-order valence-corrected chi connectivity index (χ3v) is 8.40. The van der Waals surface area contributed by atoms with Crippen LogP contribution in [0.4, 0.5) is 13.2 Å². The van der Waals surface area contributed by atoms with E-state index in [2.05, 4.69) is 0 Å². The van der Waals surface area contributed by atoms with Crippen LogP contribution in [0.3, 0.4) is 0 Å². The Morgan fingerprint density at radius 1 is 1.00 bits per heavy atom. The molecule has 0 aliphatic carbocycles. The van der Waals surface area contributed by atoms with Gasteiger partial charge in [-0.15, -0.1) is 0 Å². The minimum atomic E-state index is -6.30. The Kier molecular flexibility index (Phi) is 6.79. The van der Waals surface area contributed by atoms with Crippen LogP contribution in [0.15, 0.2) is 0 Å². The van der Waals surface area contributed by atoms with Crippen LogP contribution in [0.25, 0.3) is 0 Å². The molecule has 35 heavy (non-hydrogen) atoms. The molecule has 18 heteroatoms. The van der Waals surface area contributed by atoms with Crippen molar-refractivity contribution in [1.82, 2.24) is 9.03 Å². The molecule has 4 saturated heterocycles. The number of hydrogen-bond acceptors (Lipinski definition) is 12. The molecule has 0 aromatic heterocycles. The monoisotopic (exact) mass is 556 g/mol. The van der Waals surface area contributed by atoms with Crippen molar-refractivity contribution in [3.05, 3.63) is 0 Å². The summed E-state index contributed by atoms with van der Waals surface area (Å²) in [4.78, 5) is 1.39. The zero-order chi connectivity index (χ0) is 26.1. The first-order valence-electron chi connectivity index (χ1n) is 10.6. The van der Waals surface area contributed by atoms with E-state index in [1.165, 1.54) is 18.7 Å². The van der Waals surface area contributed by atoms with Crippen LogP contribution in [0, 0.1) is 0 Å². The first-order chi connectivity index (χ1) is 15.9. The molecule has 4 heterocycles. The topological polar surface area (TPSA) is 148 Å². The van der Waals surface area contributed by atoms with Gasteiger partial charge in [0, 0.05) is 13.1 Å². The Morgan fingerprint density at radius 2 is 1.63 bits per heavy atom. The lowest BCUT2D eigenvalue weighted by Crippen LogP contribution is -2.69. The molecular weight excluding hydrogens is 529 g/mol. The second-order valence-corrected chi connectivity index (χ2v) is 12.5. The average molecular weight is 557 g/mol. The molecule has 4 aliphatic heterocycles. The molecule has 4 fully saturated rings. The van der Waals surface area contributed by atoms with Crippen LogP contribution in [0.2, 0.25) is 0 Å². The highest BCUT2D eigenvalue weighted by molar-refractivity contribution is 8.03. The van der Waals surface area contributed by atoms with Crippen LogP contribution in [0.1, 0.15) is 27.7 Å². The van der Waals surface area contributed by atoms with Gasteiger partial charge in [-0.05, 0) is 27.7 Å². The maximum atomic E-state index is 12.8. The van der Waals surface area contributed by atoms with Gasteiger partial charge in [-0.25, -0.2) is 12.6 Å². The van der Waals surface area contributed by atoms with Gasteiger partial charge in [0.1, 0.15) is 18.3 Å². The number of hydrogen-bond donors (Lipinski definition) is 1. The summed E-state index contributed by atoms with van der Waals surface area (Å²) < 4.78 is 127. The van der Waals surface area contributed by atoms with E-state index in [1.807, 2.05) is 0 Å². The lowest BCUT2D eigenvalue weighted by Gasteiger charge is -2.48. The molecule has 0 radical (unpaired) electrons. The minimum Gasteiger partial charge on any atom is -0.379 e. The van der Waals surface area contributed by atoms with Crippen molar-refractivity contribution in [2.24, 2.45) is 0 Å². The molecule has 0 spiro atoms. The van der Waals surface area contributed by atoms with E-state index >= 15 is 0 Å². The van der Waals surface area contributed by atoms with Crippen LogP contribution in [0.5, 0.6) is 0 Å². The first kappa shape index (κ1) is 27.4. The van der Waals surface area contributed by atoms with Gasteiger partial charge in [0.05, 0.1) is 19.8 Å². The fraction of sp³-hybridized carbons (Fsp3) is 1.00. The van der Waals surface area contributed by atoms with E-state index in [0.717, 1.165) is 0 Å². The molecule has 0 aromatic carbocycles. The molecule has 0 amide bonds. The highest BCUT2D eigenvalue weighted by Crippen LogP contribution is 2.50. The number of nitrogens with zero attached hydrogens (tertiary/aromatic N) is 1. The molecule has 2 unspecified atom stereocenters. The van der Waals surface area contributed by atoms with Crippen molar-refractivity contribution in [2.75, 3.05) is 32.9 Å². The molecule has 4 rings (SSSR count). The van der Waals surface area contributed by atoms with Gasteiger partial charge in [0.15, 0.2) is 17.8 Å². The second-order valence-electron chi connectivity index (χ2n) is 9.29. The van der Waals surface area contributed by atoms with E-state index < -0.39 is 67.7 Å². The Balaban J connectivity index is 1.73. The highest BCUT2D eigenvalue weighted by Gasteiger charge is 2.70. The third kappa shape index (κ3) is 5.33. The number of morpholine rings is 1. The summed E-state index contributed by atoms with van der Waals surface area (Å²) in [5.74, 6) is -4.48. The largest absolute Gasteiger partial charge is 0.512 e. The van der Waals surface area contributed by atoms with E-state index in [0.29, 0.717) is 4.13 Å². The van der Waals surface area contributed by atoms with Crippen molar-refractivity contribution >= 4 is 20.3 Å². The Labute approximate surface area is 200 Å². The Morgan fingerprint density at radius 3 is 2.23 bits per heavy atom. The number of nitrogens with one attached hydrogen (secondary N) is 1. The highest BCUT2D eigenvalue weighted by atomic mass is 32.3. The molecular formula is C17H27F3N2O11S2. The van der Waals surface area contributed by atoms with E-state index in [-0.39, 0.29) is 32.9 Å². The quantitative estimate of drug-likeness (QED) is 0.460. The smallest absolute Gasteiger partial charge is 0.379 e. The molecule has 0 bridgehead atoms. The fourth-order valence-electron chi connectivity index (χ4n) is 4.50. The van der Waals surface area contributed by atoms with Gasteiger partial charge < -0.3 is 28.4 Å². The van der Waals surface area contributed by atoms with Gasteiger partial charge in [-0.2, -0.15) is 21.6 Å². The normalized spacial score (nSPS) is 36.5. The molecule has 4 aliphatic rings. The summed E-state index contributed by atoms with van der Waals surface area (Å²) in [6.45, 7) is 6.54. The van der Waals surface area contributed by atoms with Gasteiger partial charge in [0.2, 0.25) is 5.79 Å². The Hall–Kier alpha value is -0.670. The zero-order valence-corrected chi connectivity index (χ0v) is 20.9. The summed E-state index contributed by atoms with van der Waals surface area (Å²) in [5.41, 5.74) is -5.90. The fourth-order valence-corrected chi connectivity index (χ4v) is 6.61. The van der Waals surface area contributed by atoms with Gasteiger partial charge in [0.25, 0.3) is 0 Å². The number of alkyl halides is 3. The summed E-state index contributed by atoms with van der Waals surface area (Å²) >= 11 is 0. The minimum absolute atomic E-state index is 0.0603. The standard InChI is InChI=1S/C17H27F3N2O11S2/c1-14(2)29-10-9-28-16(12(11(10)30-14)31-15(3,4)33-16)13(22-5-7-27-8-6-22)32-35(25,26)21-34(23,24)17(18,19)20/h10-13,21H,5-9H2,1-4H3/t10-,11-,12+,13?,16?/m1/s1. The molecule has 5 atom stereocenters. The van der Waals surface area contributed by atoms with Crippen molar-refractivity contribution in [2.45, 2.75) is 75.1 Å². The predicted molar refractivity (Wildman–Crippen MR) is 107 cm³/mol. The maximum absolute atomic E-state index is 12.8. The lowest BCUT2D eigenvalue weighted by atomic mass is 9.95. The predicted octanol–water partition coefficient (Wildman–Crippen LogP) is -0.257. The molecule has 13 nitrogen and oxygen atoms in total. The molecule has 1 N–H and O–H groups in total. The van der Waals surface area contributed by atoms with Gasteiger partial charge in [-0.1, -0.05) is 4.13 Å². The first-order valence-corrected chi connectivity index (χ1v) is 13.5. The Bertz CT molecular complexity index is 1030. The van der Waals surface area contributed by atoms with Gasteiger partial charge >= 0.3 is 25.8 Å². The SMILES string of the molecule is CC1(C)O[C@@H]2[C@@H](COC3(C(OS(=O)(=O)NS(=O)(=O)C(F)(F)F)N4CCOCC4)OC(C)(C)O[C@@H]23)O1. The van der Waals surface area contributed by atoms with Crippen LogP contribution in [-0.4, -0.2) is 102 Å². The number of halogens is 3.